The molecule has 0 aliphatic rings. The highest BCUT2D eigenvalue weighted by Crippen LogP contribution is 2.58. The predicted octanol–water partition coefficient (Wildman–Crippen LogP) is 4.70. The molecule has 0 aromatic rings. The summed E-state index contributed by atoms with van der Waals surface area (Å²) in [6.45, 7) is 29.4. The van der Waals surface area contributed by atoms with Crippen LogP contribution in [-0.2, 0) is 19.2 Å². The van der Waals surface area contributed by atoms with Gasteiger partial charge in [-0.15, -0.1) is 0 Å². The molecular weight excluding hydrogens is 592 g/mol. The van der Waals surface area contributed by atoms with Gasteiger partial charge in [-0.1, -0.05) is 90.0 Å². The van der Waals surface area contributed by atoms with E-state index in [0.717, 1.165) is 19.3 Å². The summed E-state index contributed by atoms with van der Waals surface area (Å²) >= 11 is 0. The fourth-order valence-electron chi connectivity index (χ4n) is 6.36. The summed E-state index contributed by atoms with van der Waals surface area (Å²) < 4.78 is 0. The van der Waals surface area contributed by atoms with Crippen molar-refractivity contribution in [1.82, 2.24) is 20.9 Å². The van der Waals surface area contributed by atoms with Crippen molar-refractivity contribution in [2.75, 3.05) is 46.8 Å². The average Bonchev–Trinajstić information content (AvgIpc) is 2.94. The van der Waals surface area contributed by atoms with E-state index in [4.69, 9.17) is 11.5 Å². The average molecular weight is 667 g/mol. The minimum Gasteiger partial charge on any atom is -0.356 e. The van der Waals surface area contributed by atoms with Crippen LogP contribution in [0, 0.1) is 44.3 Å². The molecule has 0 aliphatic carbocycles. The van der Waals surface area contributed by atoms with E-state index in [9.17, 15) is 19.2 Å². The van der Waals surface area contributed by atoms with Gasteiger partial charge in [0.25, 0.3) is 0 Å². The van der Waals surface area contributed by atoms with Crippen LogP contribution in [-0.4, -0.2) is 75.3 Å². The van der Waals surface area contributed by atoms with E-state index in [-0.39, 0.29) is 41.5 Å². The van der Waals surface area contributed by atoms with Gasteiger partial charge in [-0.25, -0.2) is 0 Å². The van der Waals surface area contributed by atoms with E-state index in [2.05, 4.69) is 92.1 Å². The maximum absolute atomic E-state index is 14.4. The Labute approximate surface area is 288 Å². The molecule has 0 aliphatic heterocycles. The molecule has 2 atom stereocenters. The third-order valence-electron chi connectivity index (χ3n) is 12.1. The zero-order chi connectivity index (χ0) is 37.2. The summed E-state index contributed by atoms with van der Waals surface area (Å²) in [6, 6.07) is 0. The third-order valence-corrected chi connectivity index (χ3v) is 12.1. The van der Waals surface area contributed by atoms with E-state index in [1.54, 1.807) is 19.0 Å². The molecule has 47 heavy (non-hydrogen) atoms. The topological polar surface area (TPSA) is 160 Å². The summed E-state index contributed by atoms with van der Waals surface area (Å²) in [5.74, 6) is -0.785. The van der Waals surface area contributed by atoms with Gasteiger partial charge in [-0.2, -0.15) is 0 Å². The van der Waals surface area contributed by atoms with Gasteiger partial charge in [-0.05, 0) is 59.2 Å². The van der Waals surface area contributed by atoms with Crippen LogP contribution in [0.25, 0.3) is 0 Å². The van der Waals surface area contributed by atoms with Crippen LogP contribution in [0.3, 0.4) is 0 Å². The molecular formula is C37H74N6O4. The van der Waals surface area contributed by atoms with Crippen molar-refractivity contribution < 1.29 is 19.2 Å². The predicted molar refractivity (Wildman–Crippen MR) is 194 cm³/mol. The van der Waals surface area contributed by atoms with Gasteiger partial charge in [0.2, 0.25) is 23.6 Å². The lowest BCUT2D eigenvalue weighted by molar-refractivity contribution is -0.148. The van der Waals surface area contributed by atoms with Gasteiger partial charge in [0.05, 0.1) is 6.54 Å². The molecule has 0 aromatic carbocycles. The van der Waals surface area contributed by atoms with E-state index in [1.165, 1.54) is 0 Å². The Hall–Kier alpha value is -2.20. The second kappa shape index (κ2) is 17.5. The standard InChI is InChI=1S/C37H74N6O4/c1-32(2,3)27(30(46)43(14)15)24-33(4,5)35(8,9)26(29(45)41-21-18-16-17-20-40-28(44)25-39)23-34(6,7)37(12,13)36(10,11)31(47)42-22-19-38/h26-27H,16-25,38-39H2,1-15H3,(H,40,44)(H,41,45)(H,42,47). The SMILES string of the molecule is CN(C)C(=O)C(CC(C)(C)C(C)(C)C(CC(C)(C)C(C)(C)C(C)(C)C(=O)NCCN)C(=O)NCCCCCNC(=O)CN)C(C)(C)C. The lowest BCUT2D eigenvalue weighted by atomic mass is 9.49. The molecule has 10 nitrogen and oxygen atoms in total. The van der Waals surface area contributed by atoms with Crippen molar-refractivity contribution in [2.45, 2.75) is 122 Å². The quantitative estimate of drug-likeness (QED) is 0.119. The monoisotopic (exact) mass is 667 g/mol. The summed E-state index contributed by atoms with van der Waals surface area (Å²) in [7, 11) is 3.61. The molecule has 0 rings (SSSR count). The Morgan fingerprint density at radius 3 is 1.57 bits per heavy atom. The lowest BCUT2D eigenvalue weighted by Gasteiger charge is -2.55. The molecule has 0 radical (unpaired) electrons. The fraction of sp³-hybridized carbons (Fsp3) is 0.892. The van der Waals surface area contributed by atoms with Crippen LogP contribution in [0.15, 0.2) is 0 Å². The van der Waals surface area contributed by atoms with Gasteiger partial charge in [-0.3, -0.25) is 19.2 Å². The number of carbonyl (C=O) groups excluding carboxylic acids is 4. The maximum atomic E-state index is 14.4. The second-order valence-corrected chi connectivity index (χ2v) is 17.8. The van der Waals surface area contributed by atoms with Gasteiger partial charge >= 0.3 is 0 Å². The summed E-state index contributed by atoms with van der Waals surface area (Å²) in [5.41, 5.74) is 8.14. The van der Waals surface area contributed by atoms with E-state index in [1.807, 2.05) is 13.8 Å². The first-order valence-corrected chi connectivity index (χ1v) is 17.6. The van der Waals surface area contributed by atoms with Crippen LogP contribution in [0.2, 0.25) is 0 Å². The number of carbonyl (C=O) groups is 4. The van der Waals surface area contributed by atoms with Crippen molar-refractivity contribution in [3.63, 3.8) is 0 Å². The molecule has 0 fully saturated rings. The number of hydrogen-bond donors (Lipinski definition) is 5. The van der Waals surface area contributed by atoms with E-state index in [0.29, 0.717) is 39.0 Å². The highest BCUT2D eigenvalue weighted by atomic mass is 16.2. The number of nitrogens with zero attached hydrogens (tertiary/aromatic N) is 1. The van der Waals surface area contributed by atoms with Crippen LogP contribution < -0.4 is 27.4 Å². The Kier molecular flexibility index (Phi) is 16.6. The molecule has 0 aromatic heterocycles. The first-order chi connectivity index (χ1) is 21.2. The van der Waals surface area contributed by atoms with Crippen molar-refractivity contribution in [1.29, 1.82) is 0 Å². The number of unbranched alkanes of at least 4 members (excludes halogenated alkanes) is 2. The van der Waals surface area contributed by atoms with Crippen LogP contribution >= 0.6 is 0 Å². The highest BCUT2D eigenvalue weighted by molar-refractivity contribution is 5.83. The summed E-state index contributed by atoms with van der Waals surface area (Å²) in [4.78, 5) is 54.4. The van der Waals surface area contributed by atoms with Crippen molar-refractivity contribution >= 4 is 23.6 Å². The van der Waals surface area contributed by atoms with Crippen LogP contribution in [0.1, 0.15) is 122 Å². The molecule has 7 N–H and O–H groups in total. The molecule has 276 valence electrons. The van der Waals surface area contributed by atoms with Gasteiger partial charge < -0.3 is 32.3 Å². The Morgan fingerprint density at radius 2 is 1.13 bits per heavy atom. The van der Waals surface area contributed by atoms with Crippen LogP contribution in [0.4, 0.5) is 0 Å². The van der Waals surface area contributed by atoms with Gasteiger partial charge in [0, 0.05) is 57.5 Å². The Balaban J connectivity index is 6.55. The molecule has 2 unspecified atom stereocenters. The lowest BCUT2D eigenvalue weighted by Crippen LogP contribution is -2.56. The summed E-state index contributed by atoms with van der Waals surface area (Å²) in [6.07, 6.45) is 3.61. The van der Waals surface area contributed by atoms with Crippen molar-refractivity contribution in [3.8, 4) is 0 Å². The number of rotatable bonds is 20. The minimum atomic E-state index is -0.749. The third kappa shape index (κ3) is 11.7. The van der Waals surface area contributed by atoms with Crippen molar-refractivity contribution in [2.24, 2.45) is 55.8 Å². The minimum absolute atomic E-state index is 0.0139. The molecule has 0 saturated heterocycles. The highest BCUT2D eigenvalue weighted by Gasteiger charge is 2.56. The molecule has 0 bridgehead atoms. The maximum Gasteiger partial charge on any atom is 0.233 e. The van der Waals surface area contributed by atoms with Crippen molar-refractivity contribution in [3.05, 3.63) is 0 Å². The molecule has 4 amide bonds. The molecule has 0 heterocycles. The molecule has 0 saturated carbocycles. The Bertz CT molecular complexity index is 1040. The van der Waals surface area contributed by atoms with Gasteiger partial charge in [0.1, 0.15) is 0 Å². The second-order valence-electron chi connectivity index (χ2n) is 17.8. The number of amides is 4. The first kappa shape index (κ1) is 44.8. The summed E-state index contributed by atoms with van der Waals surface area (Å²) in [5, 5.41) is 9.02. The zero-order valence-electron chi connectivity index (χ0n) is 33.0. The van der Waals surface area contributed by atoms with Crippen LogP contribution in [0.5, 0.6) is 0 Å². The fourth-order valence-corrected chi connectivity index (χ4v) is 6.36. The largest absolute Gasteiger partial charge is 0.356 e. The molecule has 10 heteroatoms. The Morgan fingerprint density at radius 1 is 0.638 bits per heavy atom. The number of nitrogens with one attached hydrogen (secondary N) is 3. The molecule has 0 spiro atoms. The zero-order valence-corrected chi connectivity index (χ0v) is 33.0. The number of hydrogen-bond acceptors (Lipinski definition) is 6. The van der Waals surface area contributed by atoms with E-state index >= 15 is 0 Å². The van der Waals surface area contributed by atoms with E-state index < -0.39 is 33.0 Å². The smallest absolute Gasteiger partial charge is 0.233 e. The number of nitrogens with two attached hydrogens (primary N) is 2. The van der Waals surface area contributed by atoms with Gasteiger partial charge in [0.15, 0.2) is 0 Å². The first-order valence-electron chi connectivity index (χ1n) is 17.6. The normalized spacial score (nSPS) is 14.7.